The molecule has 4 nitrogen and oxygen atoms in total. The van der Waals surface area contributed by atoms with Crippen LogP contribution >= 0.6 is 0 Å². The van der Waals surface area contributed by atoms with Gasteiger partial charge in [0.2, 0.25) is 5.91 Å². The first-order valence-corrected chi connectivity index (χ1v) is 10.6. The Bertz CT molecular complexity index is 761. The van der Waals surface area contributed by atoms with Crippen molar-refractivity contribution in [1.82, 2.24) is 14.5 Å². The van der Waals surface area contributed by atoms with Crippen LogP contribution in [0.3, 0.4) is 0 Å². The second-order valence-corrected chi connectivity index (χ2v) is 8.30. The van der Waals surface area contributed by atoms with E-state index < -0.39 is 0 Å². The molecule has 1 aromatic heterocycles. The molecule has 2 fully saturated rings. The van der Waals surface area contributed by atoms with Gasteiger partial charge in [0.1, 0.15) is 5.82 Å². The average molecular weight is 366 g/mol. The van der Waals surface area contributed by atoms with Gasteiger partial charge in [-0.2, -0.15) is 0 Å². The number of amides is 1. The third-order valence-corrected chi connectivity index (χ3v) is 6.32. The van der Waals surface area contributed by atoms with Gasteiger partial charge < -0.3 is 9.47 Å². The summed E-state index contributed by atoms with van der Waals surface area (Å²) in [6.07, 6.45) is 11.3. The fraction of sp³-hybridized carbons (Fsp3) is 0.565. The highest BCUT2D eigenvalue weighted by atomic mass is 16.2. The molecule has 1 saturated carbocycles. The first kappa shape index (κ1) is 18.3. The Morgan fingerprint density at radius 3 is 2.63 bits per heavy atom. The fourth-order valence-electron chi connectivity index (χ4n) is 4.87. The molecule has 27 heavy (non-hydrogen) atoms. The second kappa shape index (κ2) is 8.28. The smallest absolute Gasteiger partial charge is 0.222 e. The van der Waals surface area contributed by atoms with Gasteiger partial charge in [0, 0.05) is 37.0 Å². The Morgan fingerprint density at radius 1 is 1.07 bits per heavy atom. The number of likely N-dealkylation sites (tertiary alicyclic amines) is 1. The number of imidazole rings is 1. The molecular formula is C23H31N3O. The summed E-state index contributed by atoms with van der Waals surface area (Å²) in [7, 11) is 0. The van der Waals surface area contributed by atoms with E-state index in [1.54, 1.807) is 0 Å². The molecule has 4 rings (SSSR count). The number of nitrogens with zero attached hydrogens (tertiary/aromatic N) is 3. The quantitative estimate of drug-likeness (QED) is 0.765. The largest absolute Gasteiger partial charge is 0.341 e. The molecule has 0 N–H and O–H groups in total. The zero-order valence-corrected chi connectivity index (χ0v) is 16.4. The van der Waals surface area contributed by atoms with Gasteiger partial charge in [-0.1, -0.05) is 49.6 Å². The predicted molar refractivity (Wildman–Crippen MR) is 108 cm³/mol. The van der Waals surface area contributed by atoms with Crippen molar-refractivity contribution in [3.63, 3.8) is 0 Å². The van der Waals surface area contributed by atoms with Crippen molar-refractivity contribution in [1.29, 1.82) is 0 Å². The lowest BCUT2D eigenvalue weighted by molar-refractivity contribution is -0.134. The Kier molecular flexibility index (Phi) is 5.61. The number of benzene rings is 1. The fourth-order valence-corrected chi connectivity index (χ4v) is 4.87. The SMILES string of the molecule is Cc1cnc(-c2ccccc2)n1C1CCCN(C(=O)CC2CCCCC2)C1. The van der Waals surface area contributed by atoms with Gasteiger partial charge >= 0.3 is 0 Å². The summed E-state index contributed by atoms with van der Waals surface area (Å²) >= 11 is 0. The van der Waals surface area contributed by atoms with Crippen molar-refractivity contribution >= 4 is 5.91 Å². The highest BCUT2D eigenvalue weighted by Gasteiger charge is 2.28. The maximum atomic E-state index is 12.9. The number of hydrogen-bond acceptors (Lipinski definition) is 2. The standard InChI is InChI=1S/C23H31N3O/c1-18-16-24-23(20-11-6-3-7-12-20)26(18)21-13-8-14-25(17-21)22(27)15-19-9-4-2-5-10-19/h3,6-7,11-12,16,19,21H,2,4-5,8-10,13-15,17H2,1H3. The van der Waals surface area contributed by atoms with E-state index in [9.17, 15) is 4.79 Å². The van der Waals surface area contributed by atoms with Crippen LogP contribution in [0.5, 0.6) is 0 Å². The van der Waals surface area contributed by atoms with Gasteiger partial charge in [0.15, 0.2) is 0 Å². The minimum atomic E-state index is 0.326. The third kappa shape index (κ3) is 4.10. The van der Waals surface area contributed by atoms with E-state index in [1.165, 1.54) is 37.8 Å². The van der Waals surface area contributed by atoms with E-state index in [4.69, 9.17) is 0 Å². The molecule has 0 bridgehead atoms. The first-order chi connectivity index (χ1) is 13.2. The average Bonchev–Trinajstić information content (AvgIpc) is 3.11. The second-order valence-electron chi connectivity index (χ2n) is 8.30. The first-order valence-electron chi connectivity index (χ1n) is 10.6. The van der Waals surface area contributed by atoms with Crippen LogP contribution < -0.4 is 0 Å². The Balaban J connectivity index is 1.49. The van der Waals surface area contributed by atoms with E-state index in [1.807, 2.05) is 12.3 Å². The Labute approximate surface area is 162 Å². The van der Waals surface area contributed by atoms with E-state index in [2.05, 4.69) is 45.6 Å². The van der Waals surface area contributed by atoms with E-state index in [0.29, 0.717) is 17.9 Å². The highest BCUT2D eigenvalue weighted by molar-refractivity contribution is 5.76. The van der Waals surface area contributed by atoms with Crippen LogP contribution in [-0.4, -0.2) is 33.4 Å². The van der Waals surface area contributed by atoms with Crippen molar-refractivity contribution in [3.8, 4) is 11.4 Å². The number of aromatic nitrogens is 2. The summed E-state index contributed by atoms with van der Waals surface area (Å²) in [5.41, 5.74) is 2.33. The topological polar surface area (TPSA) is 38.1 Å². The number of hydrogen-bond donors (Lipinski definition) is 0. The minimum Gasteiger partial charge on any atom is -0.341 e. The lowest BCUT2D eigenvalue weighted by Crippen LogP contribution is -2.41. The number of rotatable bonds is 4. The maximum absolute atomic E-state index is 12.9. The molecule has 2 aromatic rings. The molecule has 4 heteroatoms. The van der Waals surface area contributed by atoms with Gasteiger partial charge in [-0.25, -0.2) is 4.98 Å². The summed E-state index contributed by atoms with van der Waals surface area (Å²) in [5, 5.41) is 0. The molecule has 1 amide bonds. The van der Waals surface area contributed by atoms with Crippen LogP contribution in [0.25, 0.3) is 11.4 Å². The summed E-state index contributed by atoms with van der Waals surface area (Å²) in [6, 6.07) is 10.7. The molecule has 2 heterocycles. The van der Waals surface area contributed by atoms with Crippen molar-refractivity contribution < 1.29 is 4.79 Å². The molecule has 0 spiro atoms. The molecule has 1 unspecified atom stereocenters. The van der Waals surface area contributed by atoms with Crippen LogP contribution in [0, 0.1) is 12.8 Å². The molecule has 1 aliphatic carbocycles. The molecule has 1 saturated heterocycles. The summed E-state index contributed by atoms with van der Waals surface area (Å²) < 4.78 is 2.36. The van der Waals surface area contributed by atoms with Gasteiger partial charge in [-0.3, -0.25) is 4.79 Å². The maximum Gasteiger partial charge on any atom is 0.222 e. The van der Waals surface area contributed by atoms with Crippen LogP contribution in [0.2, 0.25) is 0 Å². The Morgan fingerprint density at radius 2 is 1.85 bits per heavy atom. The number of aryl methyl sites for hydroxylation is 1. The number of carbonyl (C=O) groups excluding carboxylic acids is 1. The van der Waals surface area contributed by atoms with Gasteiger partial charge in [-0.15, -0.1) is 0 Å². The van der Waals surface area contributed by atoms with E-state index >= 15 is 0 Å². The molecule has 1 aliphatic heterocycles. The predicted octanol–water partition coefficient (Wildman–Crippen LogP) is 4.99. The van der Waals surface area contributed by atoms with Crippen LogP contribution in [0.4, 0.5) is 0 Å². The summed E-state index contributed by atoms with van der Waals surface area (Å²) in [4.78, 5) is 19.7. The lowest BCUT2D eigenvalue weighted by Gasteiger charge is -2.36. The van der Waals surface area contributed by atoms with E-state index in [-0.39, 0.29) is 0 Å². The molecule has 144 valence electrons. The van der Waals surface area contributed by atoms with Gasteiger partial charge in [0.25, 0.3) is 0 Å². The molecular weight excluding hydrogens is 334 g/mol. The van der Waals surface area contributed by atoms with Crippen LogP contribution in [0.15, 0.2) is 36.5 Å². The Hall–Kier alpha value is -2.10. The van der Waals surface area contributed by atoms with Crippen molar-refractivity contribution in [2.24, 2.45) is 5.92 Å². The molecule has 2 aliphatic rings. The third-order valence-electron chi connectivity index (χ3n) is 6.32. The van der Waals surface area contributed by atoms with E-state index in [0.717, 1.165) is 43.7 Å². The van der Waals surface area contributed by atoms with Gasteiger partial charge in [-0.05, 0) is 38.5 Å². The molecule has 1 aromatic carbocycles. The number of carbonyl (C=O) groups is 1. The molecule has 0 radical (unpaired) electrons. The van der Waals surface area contributed by atoms with Crippen LogP contribution in [0.1, 0.15) is 63.1 Å². The lowest BCUT2D eigenvalue weighted by atomic mass is 9.86. The zero-order chi connectivity index (χ0) is 18.6. The monoisotopic (exact) mass is 365 g/mol. The van der Waals surface area contributed by atoms with Crippen LogP contribution in [-0.2, 0) is 4.79 Å². The van der Waals surface area contributed by atoms with Gasteiger partial charge in [0.05, 0.1) is 6.04 Å². The zero-order valence-electron chi connectivity index (χ0n) is 16.4. The highest BCUT2D eigenvalue weighted by Crippen LogP contribution is 2.31. The minimum absolute atomic E-state index is 0.326. The number of piperidine rings is 1. The summed E-state index contributed by atoms with van der Waals surface area (Å²) in [6.45, 7) is 3.86. The summed E-state index contributed by atoms with van der Waals surface area (Å²) in [5.74, 6) is 2.01. The molecule has 1 atom stereocenters. The normalized spacial score (nSPS) is 21.4. The van der Waals surface area contributed by atoms with Crippen molar-refractivity contribution in [3.05, 3.63) is 42.2 Å². The van der Waals surface area contributed by atoms with Crippen molar-refractivity contribution in [2.75, 3.05) is 13.1 Å². The van der Waals surface area contributed by atoms with Crippen molar-refractivity contribution in [2.45, 2.75) is 64.3 Å².